The van der Waals surface area contributed by atoms with E-state index in [-0.39, 0.29) is 31.0 Å². The summed E-state index contributed by atoms with van der Waals surface area (Å²) in [5.74, 6) is 2.28. The van der Waals surface area contributed by atoms with Gasteiger partial charge in [-0.3, -0.25) is 29.3 Å². The molecule has 39 heavy (non-hydrogen) atoms. The molecule has 0 saturated heterocycles. The van der Waals surface area contributed by atoms with Gasteiger partial charge >= 0.3 is 0 Å². The highest BCUT2D eigenvalue weighted by Gasteiger charge is 2.16. The van der Waals surface area contributed by atoms with E-state index in [9.17, 15) is 29.3 Å². The van der Waals surface area contributed by atoms with Gasteiger partial charge in [0.15, 0.2) is 22.8 Å². The van der Waals surface area contributed by atoms with Gasteiger partial charge in [-0.2, -0.15) is 5.10 Å². The molecule has 0 aliphatic carbocycles. The lowest BCUT2D eigenvalue weighted by Crippen LogP contribution is -2.29. The Hall–Kier alpha value is -5.73. The number of hydrazone groups is 1. The molecule has 3 rings (SSSR count). The molecule has 6 N–H and O–H groups in total. The molecule has 0 radical (unpaired) electrons. The zero-order chi connectivity index (χ0) is 28.4. The molecule has 0 atom stereocenters. The van der Waals surface area contributed by atoms with Crippen molar-refractivity contribution in [2.75, 3.05) is 11.9 Å². The van der Waals surface area contributed by atoms with Crippen LogP contribution in [0.5, 0.6) is 0 Å². The van der Waals surface area contributed by atoms with Gasteiger partial charge in [0.25, 0.3) is 17.5 Å². The maximum Gasteiger partial charge on any atom is 0.287 e. The zero-order valence-corrected chi connectivity index (χ0v) is 20.2. The quantitative estimate of drug-likeness (QED) is 0.0641. The van der Waals surface area contributed by atoms with Gasteiger partial charge in [-0.25, -0.2) is 5.53 Å². The second-order valence-corrected chi connectivity index (χ2v) is 7.83. The van der Waals surface area contributed by atoms with Crippen molar-refractivity contribution in [3.63, 3.8) is 0 Å². The Kier molecular flexibility index (Phi) is 9.28. The highest BCUT2D eigenvalue weighted by molar-refractivity contribution is 6.00. The fraction of sp³-hybridized carbons (Fsp3) is 0.125. The van der Waals surface area contributed by atoms with E-state index in [1.54, 1.807) is 18.2 Å². The largest absolute Gasteiger partial charge is 0.445 e. The number of nitrogens with two attached hydrogens (primary N) is 1. The van der Waals surface area contributed by atoms with E-state index in [1.807, 2.05) is 0 Å². The van der Waals surface area contributed by atoms with Gasteiger partial charge in [0.1, 0.15) is 0 Å². The number of nitrogens with zero attached hydrogens (tertiary/aromatic N) is 3. The van der Waals surface area contributed by atoms with E-state index >= 15 is 0 Å². The smallest absolute Gasteiger partial charge is 0.287 e. The Bertz CT molecular complexity index is 1500. The van der Waals surface area contributed by atoms with Gasteiger partial charge in [-0.1, -0.05) is 24.3 Å². The number of non-ortho nitro benzene ring substituents is 1. The first-order valence-electron chi connectivity index (χ1n) is 11.2. The van der Waals surface area contributed by atoms with Crippen LogP contribution in [0.1, 0.15) is 38.7 Å². The predicted molar refractivity (Wildman–Crippen MR) is 137 cm³/mol. The number of nitrogens with one attached hydrogen (secondary N) is 4. The molecule has 0 aliphatic heterocycles. The fourth-order valence-corrected chi connectivity index (χ4v) is 3.21. The Morgan fingerprint density at radius 2 is 1.67 bits per heavy atom. The van der Waals surface area contributed by atoms with E-state index in [2.05, 4.69) is 26.2 Å². The molecular formula is C24H22N8O7. The Morgan fingerprint density at radius 3 is 2.28 bits per heavy atom. The lowest BCUT2D eigenvalue weighted by Gasteiger charge is -2.09. The molecule has 0 unspecified atom stereocenters. The van der Waals surface area contributed by atoms with Crippen molar-refractivity contribution in [3.05, 3.63) is 104 Å². The number of nitro groups is 1. The molecule has 3 amide bonds. The normalized spacial score (nSPS) is 10.8. The number of carbonyl (C=O) groups is 3. The van der Waals surface area contributed by atoms with Crippen LogP contribution in [0.15, 0.2) is 80.1 Å². The molecule has 1 aromatic heterocycles. The topological polar surface area (TPSA) is 235 Å². The van der Waals surface area contributed by atoms with Crippen LogP contribution in [0.2, 0.25) is 0 Å². The number of benzene rings is 2. The number of rotatable bonds is 10. The molecule has 0 saturated carbocycles. The average Bonchev–Trinajstić information content (AvgIpc) is 2.92. The molecule has 15 heteroatoms. The number of hydrogen-bond acceptors (Lipinski definition) is 10. The van der Waals surface area contributed by atoms with Crippen LogP contribution in [-0.4, -0.2) is 35.0 Å². The van der Waals surface area contributed by atoms with Crippen LogP contribution < -0.4 is 27.2 Å². The molecule has 0 aliphatic rings. The Balaban J connectivity index is 1.54. The number of carbonyl (C=O) groups excluding carboxylic acids is 3. The van der Waals surface area contributed by atoms with Crippen molar-refractivity contribution in [2.24, 2.45) is 16.1 Å². The van der Waals surface area contributed by atoms with Crippen LogP contribution in [-0.2, 0) is 11.3 Å². The summed E-state index contributed by atoms with van der Waals surface area (Å²) in [4.78, 5) is 59.3. The van der Waals surface area contributed by atoms with Gasteiger partial charge in [-0.05, 0) is 17.7 Å². The maximum atomic E-state index is 12.4. The van der Waals surface area contributed by atoms with Crippen LogP contribution in [0.4, 0.5) is 11.4 Å². The lowest BCUT2D eigenvalue weighted by molar-refractivity contribution is -0.384. The molecule has 0 bridgehead atoms. The fourth-order valence-electron chi connectivity index (χ4n) is 3.21. The SMILES string of the molecule is N=N/C(=N\N)c1cccc(NC(=O)CCNC(=O)c2cc(=O)cc(C(=O)NCc3ccc([N+](=O)[O-])cc3)o2)c1. The summed E-state index contributed by atoms with van der Waals surface area (Å²) in [6.45, 7) is -0.116. The minimum atomic E-state index is -0.812. The van der Waals surface area contributed by atoms with Crippen molar-refractivity contribution < 1.29 is 23.7 Å². The monoisotopic (exact) mass is 534 g/mol. The Labute approximate surface area is 219 Å². The third kappa shape index (κ3) is 7.88. The van der Waals surface area contributed by atoms with Crippen LogP contribution in [0, 0.1) is 15.6 Å². The van der Waals surface area contributed by atoms with Crippen molar-refractivity contribution in [3.8, 4) is 0 Å². The van der Waals surface area contributed by atoms with Gasteiger partial charge in [-0.15, -0.1) is 5.11 Å². The van der Waals surface area contributed by atoms with Gasteiger partial charge in [0.2, 0.25) is 5.91 Å². The van der Waals surface area contributed by atoms with Crippen molar-refractivity contribution in [2.45, 2.75) is 13.0 Å². The first-order chi connectivity index (χ1) is 18.7. The predicted octanol–water partition coefficient (Wildman–Crippen LogP) is 1.89. The van der Waals surface area contributed by atoms with Crippen molar-refractivity contribution >= 4 is 34.9 Å². The molecule has 200 valence electrons. The second-order valence-electron chi connectivity index (χ2n) is 7.83. The molecule has 0 spiro atoms. The highest BCUT2D eigenvalue weighted by Crippen LogP contribution is 2.13. The van der Waals surface area contributed by atoms with Crippen LogP contribution >= 0.6 is 0 Å². The summed E-state index contributed by atoms with van der Waals surface area (Å²) in [6, 6.07) is 13.7. The lowest BCUT2D eigenvalue weighted by atomic mass is 10.2. The molecule has 3 aromatic rings. The van der Waals surface area contributed by atoms with Gasteiger partial charge in [0.05, 0.1) is 4.92 Å². The number of amidine groups is 1. The van der Waals surface area contributed by atoms with Gasteiger partial charge in [0, 0.05) is 55.0 Å². The third-order valence-electron chi connectivity index (χ3n) is 5.08. The van der Waals surface area contributed by atoms with E-state index in [0.717, 1.165) is 12.1 Å². The standard InChI is InChI=1S/C24H22N8O7/c25-30-22(31-26)15-2-1-3-16(10-15)29-21(34)8-9-27-23(35)19-11-18(33)12-20(39-19)24(36)28-13-14-4-6-17(7-5-14)32(37)38/h1-7,10-12,25H,8-9,13,26H2,(H,27,35)(H,28,36)(H,29,34)/b30-25?,31-22-. The number of amides is 3. The second kappa shape index (κ2) is 13.0. The molecular weight excluding hydrogens is 512 g/mol. The number of nitro benzene ring substituents is 1. The first-order valence-corrected chi connectivity index (χ1v) is 11.2. The number of anilines is 1. The number of hydrogen-bond donors (Lipinski definition) is 5. The molecule has 2 aromatic carbocycles. The average molecular weight is 534 g/mol. The van der Waals surface area contributed by atoms with Crippen molar-refractivity contribution in [1.82, 2.24) is 10.6 Å². The summed E-state index contributed by atoms with van der Waals surface area (Å²) < 4.78 is 5.27. The highest BCUT2D eigenvalue weighted by atomic mass is 16.6. The summed E-state index contributed by atoms with van der Waals surface area (Å²) in [5.41, 5.74) is 7.68. The van der Waals surface area contributed by atoms with E-state index in [0.29, 0.717) is 16.8 Å². The zero-order valence-electron chi connectivity index (χ0n) is 20.2. The molecule has 15 nitrogen and oxygen atoms in total. The summed E-state index contributed by atoms with van der Waals surface area (Å²) in [6.07, 6.45) is -0.129. The van der Waals surface area contributed by atoms with E-state index in [4.69, 9.17) is 15.8 Å². The summed E-state index contributed by atoms with van der Waals surface area (Å²) in [7, 11) is 0. The van der Waals surface area contributed by atoms with Crippen LogP contribution in [0.3, 0.4) is 0 Å². The summed E-state index contributed by atoms with van der Waals surface area (Å²) in [5, 5.41) is 24.9. The molecule has 0 fully saturated rings. The third-order valence-corrected chi connectivity index (χ3v) is 5.08. The molecule has 1 heterocycles. The first kappa shape index (κ1) is 27.9. The van der Waals surface area contributed by atoms with E-state index in [1.165, 1.54) is 30.3 Å². The van der Waals surface area contributed by atoms with Crippen molar-refractivity contribution in [1.29, 1.82) is 5.53 Å². The minimum Gasteiger partial charge on any atom is -0.445 e. The van der Waals surface area contributed by atoms with Gasteiger partial charge < -0.3 is 26.2 Å². The van der Waals surface area contributed by atoms with Crippen LogP contribution in [0.25, 0.3) is 0 Å². The van der Waals surface area contributed by atoms with E-state index < -0.39 is 39.6 Å². The summed E-state index contributed by atoms with van der Waals surface area (Å²) >= 11 is 0. The minimum absolute atomic E-state index is 0.00675. The maximum absolute atomic E-state index is 12.4. The Morgan fingerprint density at radius 1 is 1.00 bits per heavy atom.